The van der Waals surface area contributed by atoms with Crippen LogP contribution >= 0.6 is 0 Å². The van der Waals surface area contributed by atoms with E-state index in [4.69, 9.17) is 13.8 Å². The number of rotatable bonds is 14. The number of ether oxygens (including phenoxy) is 2. The number of hydrogen-bond acceptors (Lipinski definition) is 10. The summed E-state index contributed by atoms with van der Waals surface area (Å²) in [5.41, 5.74) is -1.65. The molecule has 0 aliphatic carbocycles. The summed E-state index contributed by atoms with van der Waals surface area (Å²) in [5.74, 6) is 0.676. The van der Waals surface area contributed by atoms with Crippen LogP contribution in [0.25, 0.3) is 0 Å². The number of alkyl halides is 6. The predicted octanol–water partition coefficient (Wildman–Crippen LogP) is 7.66. The fourth-order valence-electron chi connectivity index (χ4n) is 4.05. The van der Waals surface area contributed by atoms with Crippen LogP contribution in [-0.2, 0) is 35.0 Å². The lowest BCUT2D eigenvalue weighted by atomic mass is 10.1. The van der Waals surface area contributed by atoms with E-state index in [1.54, 1.807) is 43.3 Å². The van der Waals surface area contributed by atoms with Crippen molar-refractivity contribution in [3.05, 3.63) is 119 Å². The molecule has 0 saturated carbocycles. The van der Waals surface area contributed by atoms with Crippen LogP contribution in [0.1, 0.15) is 35.6 Å². The number of halogens is 6. The van der Waals surface area contributed by atoms with Crippen molar-refractivity contribution in [1.82, 2.24) is 0 Å². The van der Waals surface area contributed by atoms with Gasteiger partial charge in [-0.05, 0) is 104 Å². The summed E-state index contributed by atoms with van der Waals surface area (Å²) < 4.78 is 149. The van der Waals surface area contributed by atoms with E-state index >= 15 is 0 Å². The molecule has 0 bridgehead atoms. The van der Waals surface area contributed by atoms with Crippen molar-refractivity contribution >= 4 is 31.7 Å². The topological polar surface area (TPSA) is 130 Å². The Hall–Kier alpha value is -5.10. The number of nitrogens with zero attached hydrogens (tertiary/aromatic N) is 2. The van der Waals surface area contributed by atoms with E-state index in [9.17, 15) is 43.2 Å². The fraction of sp³-hybridized carbons (Fsp3) is 0.212. The van der Waals surface area contributed by atoms with Gasteiger partial charge in [0.25, 0.3) is 0 Å². The largest absolute Gasteiger partial charge is 0.493 e. The summed E-state index contributed by atoms with van der Waals surface area (Å²) in [6.45, 7) is 3.72. The van der Waals surface area contributed by atoms with Gasteiger partial charge in [0.2, 0.25) is 0 Å². The standard InChI is InChI=1S/C33H28F6N2O8S2/c1-22-4-16-29(17-5-22)50(42,43)48-40-23(2)24-6-12-27(13-7-24)46-20-3-21-47-28-14-8-25(9-15-28)31(33(37,38)39)41-49-51(44,45)30-18-10-26(11-19-30)32(34,35)36/h4-19H,3,20-21H2,1-2H3/b40-23+,41-31-. The van der Waals surface area contributed by atoms with Gasteiger partial charge >= 0.3 is 32.6 Å². The SMILES string of the molecule is C/C(=N\OS(=O)(=O)c1ccc(C)cc1)c1ccc(OCCCOc2ccc(/C(=N/OS(=O)(=O)c3ccc(C(F)(F)F)cc3)C(F)(F)F)cc2)cc1. The minimum Gasteiger partial charge on any atom is -0.493 e. The molecule has 10 nitrogen and oxygen atoms in total. The fourth-order valence-corrected chi connectivity index (χ4v) is 5.55. The van der Waals surface area contributed by atoms with Crippen molar-refractivity contribution in [3.63, 3.8) is 0 Å². The molecular weight excluding hydrogens is 730 g/mol. The maximum absolute atomic E-state index is 13.7. The Labute approximate surface area is 289 Å². The Bertz CT molecular complexity index is 2070. The third-order valence-corrected chi connectivity index (χ3v) is 9.01. The van der Waals surface area contributed by atoms with Crippen molar-refractivity contribution < 1.29 is 61.2 Å². The second-order valence-corrected chi connectivity index (χ2v) is 13.7. The zero-order valence-electron chi connectivity index (χ0n) is 26.6. The molecule has 0 aliphatic rings. The summed E-state index contributed by atoms with van der Waals surface area (Å²) >= 11 is 0. The molecule has 0 atom stereocenters. The Morgan fingerprint density at radius 1 is 0.608 bits per heavy atom. The molecule has 18 heteroatoms. The smallest absolute Gasteiger partial charge is 0.437 e. The lowest BCUT2D eigenvalue weighted by molar-refractivity contribution is -0.137. The Morgan fingerprint density at radius 2 is 1.04 bits per heavy atom. The molecule has 0 radical (unpaired) electrons. The zero-order chi connectivity index (χ0) is 37.5. The van der Waals surface area contributed by atoms with E-state index in [0.717, 1.165) is 17.7 Å². The predicted molar refractivity (Wildman–Crippen MR) is 172 cm³/mol. The second-order valence-electron chi connectivity index (χ2n) is 10.6. The maximum atomic E-state index is 13.7. The maximum Gasteiger partial charge on any atom is 0.437 e. The van der Waals surface area contributed by atoms with E-state index in [0.29, 0.717) is 47.7 Å². The minimum absolute atomic E-state index is 0.0285. The number of aryl methyl sites for hydroxylation is 1. The average Bonchev–Trinajstić information content (AvgIpc) is 3.07. The molecule has 272 valence electrons. The van der Waals surface area contributed by atoms with Gasteiger partial charge in [0, 0.05) is 12.0 Å². The molecule has 0 aromatic heterocycles. The average molecular weight is 759 g/mol. The van der Waals surface area contributed by atoms with Gasteiger partial charge in [0.1, 0.15) is 21.3 Å². The van der Waals surface area contributed by atoms with Gasteiger partial charge in [0.15, 0.2) is 5.71 Å². The van der Waals surface area contributed by atoms with E-state index in [2.05, 4.69) is 14.6 Å². The normalized spacial score (nSPS) is 13.1. The molecule has 0 saturated heterocycles. The number of hydrogen-bond donors (Lipinski definition) is 0. The molecule has 0 heterocycles. The molecule has 4 aromatic carbocycles. The molecule has 0 fully saturated rings. The molecule has 0 amide bonds. The van der Waals surface area contributed by atoms with Crippen molar-refractivity contribution in [2.45, 2.75) is 42.4 Å². The first kappa shape index (κ1) is 38.7. The number of benzene rings is 4. The first-order chi connectivity index (χ1) is 23.8. The summed E-state index contributed by atoms with van der Waals surface area (Å²) in [5, 5.41) is 6.49. The van der Waals surface area contributed by atoms with Crippen molar-refractivity contribution in [1.29, 1.82) is 0 Å². The van der Waals surface area contributed by atoms with Gasteiger partial charge < -0.3 is 9.47 Å². The van der Waals surface area contributed by atoms with Crippen molar-refractivity contribution in [3.8, 4) is 11.5 Å². The van der Waals surface area contributed by atoms with Crippen LogP contribution in [0.5, 0.6) is 11.5 Å². The lowest BCUT2D eigenvalue weighted by Crippen LogP contribution is -2.25. The third kappa shape index (κ3) is 10.9. The van der Waals surface area contributed by atoms with Crippen LogP contribution < -0.4 is 9.47 Å². The summed E-state index contributed by atoms with van der Waals surface area (Å²) in [7, 11) is -9.06. The van der Waals surface area contributed by atoms with Gasteiger partial charge in [-0.1, -0.05) is 28.0 Å². The van der Waals surface area contributed by atoms with Gasteiger partial charge in [-0.2, -0.15) is 43.2 Å². The Balaban J connectivity index is 1.26. The molecule has 51 heavy (non-hydrogen) atoms. The molecule has 0 aliphatic heterocycles. The van der Waals surface area contributed by atoms with Gasteiger partial charge in [0.05, 0.1) is 24.5 Å². The molecule has 4 rings (SSSR count). The molecular formula is C33H28F6N2O8S2. The highest BCUT2D eigenvalue weighted by molar-refractivity contribution is 7.87. The van der Waals surface area contributed by atoms with Crippen LogP contribution in [0, 0.1) is 6.92 Å². The Morgan fingerprint density at radius 3 is 1.49 bits per heavy atom. The lowest BCUT2D eigenvalue weighted by Gasteiger charge is -2.12. The number of oxime groups is 2. The second kappa shape index (κ2) is 15.8. The van der Waals surface area contributed by atoms with Crippen molar-refractivity contribution in [2.75, 3.05) is 13.2 Å². The first-order valence-electron chi connectivity index (χ1n) is 14.6. The summed E-state index contributed by atoms with van der Waals surface area (Å²) in [4.78, 5) is -0.857. The first-order valence-corrected chi connectivity index (χ1v) is 17.4. The van der Waals surface area contributed by atoms with E-state index < -0.39 is 54.3 Å². The molecule has 0 unspecified atom stereocenters. The Kier molecular flexibility index (Phi) is 12.0. The van der Waals surface area contributed by atoms with Gasteiger partial charge in [-0.3, -0.25) is 8.57 Å². The zero-order valence-corrected chi connectivity index (χ0v) is 28.2. The monoisotopic (exact) mass is 758 g/mol. The highest BCUT2D eigenvalue weighted by Gasteiger charge is 2.39. The van der Waals surface area contributed by atoms with Crippen LogP contribution in [-0.4, -0.2) is 47.6 Å². The highest BCUT2D eigenvalue weighted by Crippen LogP contribution is 2.30. The molecule has 4 aromatic rings. The van der Waals surface area contributed by atoms with E-state index in [-0.39, 0.29) is 23.9 Å². The van der Waals surface area contributed by atoms with E-state index in [1.807, 2.05) is 6.92 Å². The summed E-state index contributed by atoms with van der Waals surface area (Å²) in [6.07, 6.45) is -9.54. The van der Waals surface area contributed by atoms with Crippen LogP contribution in [0.15, 0.2) is 117 Å². The third-order valence-electron chi connectivity index (χ3n) is 6.77. The van der Waals surface area contributed by atoms with Crippen molar-refractivity contribution in [2.24, 2.45) is 10.3 Å². The molecule has 0 N–H and O–H groups in total. The highest BCUT2D eigenvalue weighted by atomic mass is 32.2. The summed E-state index contributed by atoms with van der Waals surface area (Å²) in [6, 6.07) is 19.0. The van der Waals surface area contributed by atoms with Crippen LogP contribution in [0.3, 0.4) is 0 Å². The quantitative estimate of drug-likeness (QED) is 0.0555. The minimum atomic E-state index is -5.16. The molecule has 0 spiro atoms. The van der Waals surface area contributed by atoms with E-state index in [1.165, 1.54) is 24.3 Å². The van der Waals surface area contributed by atoms with Gasteiger partial charge in [-0.15, -0.1) is 0 Å². The van der Waals surface area contributed by atoms with Crippen LogP contribution in [0.2, 0.25) is 0 Å². The van der Waals surface area contributed by atoms with Gasteiger partial charge in [-0.25, -0.2) is 0 Å². The van der Waals surface area contributed by atoms with Crippen LogP contribution in [0.4, 0.5) is 26.3 Å².